The lowest BCUT2D eigenvalue weighted by Crippen LogP contribution is -2.17. The van der Waals surface area contributed by atoms with Gasteiger partial charge in [-0.15, -0.1) is 0 Å². The topological polar surface area (TPSA) is 113 Å². The van der Waals surface area contributed by atoms with Crippen LogP contribution in [0.1, 0.15) is 67.5 Å². The van der Waals surface area contributed by atoms with Crippen LogP contribution in [0.5, 0.6) is 0 Å². The number of hydrogen-bond acceptors (Lipinski definition) is 9. The first-order valence-corrected chi connectivity index (χ1v) is 13.3. The van der Waals surface area contributed by atoms with Crippen LogP contribution in [0.3, 0.4) is 0 Å². The molecule has 3 N–H and O–H groups in total. The van der Waals surface area contributed by atoms with Crippen molar-refractivity contribution in [1.29, 1.82) is 0 Å². The van der Waals surface area contributed by atoms with E-state index in [-0.39, 0.29) is 0 Å². The van der Waals surface area contributed by atoms with Crippen molar-refractivity contribution in [2.45, 2.75) is 81.9 Å². The van der Waals surface area contributed by atoms with Crippen molar-refractivity contribution in [3.05, 3.63) is 85.7 Å². The highest BCUT2D eigenvalue weighted by atomic mass is 15.1. The molecule has 9 heteroatoms. The van der Waals surface area contributed by atoms with Crippen LogP contribution in [0.15, 0.2) is 18.2 Å². The van der Waals surface area contributed by atoms with Crippen molar-refractivity contribution in [2.75, 3.05) is 16.0 Å². The summed E-state index contributed by atoms with van der Waals surface area (Å²) in [5.74, 6) is 1.91. The second-order valence-corrected chi connectivity index (χ2v) is 10.3. The number of nitrogens with one attached hydrogen (secondary N) is 3. The van der Waals surface area contributed by atoms with Gasteiger partial charge in [-0.05, 0) is 114 Å². The van der Waals surface area contributed by atoms with E-state index in [0.29, 0.717) is 37.5 Å². The molecule has 0 amide bonds. The molecule has 204 valence electrons. The van der Waals surface area contributed by atoms with Crippen molar-refractivity contribution in [1.82, 2.24) is 29.9 Å². The van der Waals surface area contributed by atoms with Gasteiger partial charge in [-0.3, -0.25) is 0 Å². The summed E-state index contributed by atoms with van der Waals surface area (Å²) < 4.78 is 0. The van der Waals surface area contributed by atoms with Crippen molar-refractivity contribution < 1.29 is 0 Å². The summed E-state index contributed by atoms with van der Waals surface area (Å²) in [6.07, 6.45) is 0. The monoisotopic (exact) mass is 525 g/mol. The number of aryl methyl sites for hydroxylation is 6. The third-order valence-corrected chi connectivity index (χ3v) is 6.93. The lowest BCUT2D eigenvalue weighted by molar-refractivity contribution is 0.931. The highest BCUT2D eigenvalue weighted by Crippen LogP contribution is 2.29. The van der Waals surface area contributed by atoms with E-state index >= 15 is 0 Å². The minimum Gasteiger partial charge on any atom is -0.350 e. The normalized spacial score (nSPS) is 11.0. The molecule has 4 aromatic rings. The van der Waals surface area contributed by atoms with Crippen LogP contribution in [0, 0.1) is 62.3 Å². The maximum atomic E-state index is 4.58. The molecule has 0 saturated heterocycles. The van der Waals surface area contributed by atoms with Crippen molar-refractivity contribution in [3.63, 3.8) is 0 Å². The van der Waals surface area contributed by atoms with E-state index in [4.69, 9.17) is 0 Å². The first-order valence-electron chi connectivity index (χ1n) is 13.3. The summed E-state index contributed by atoms with van der Waals surface area (Å²) in [5, 5.41) is 10.4. The predicted octanol–water partition coefficient (Wildman–Crippen LogP) is 5.67. The lowest BCUT2D eigenvalue weighted by Gasteiger charge is -2.23. The molecule has 1 aromatic carbocycles. The number of anilines is 3. The Morgan fingerprint density at radius 2 is 0.590 bits per heavy atom. The molecule has 0 unspecified atom stereocenters. The Balaban J connectivity index is 1.69. The van der Waals surface area contributed by atoms with Gasteiger partial charge in [-0.1, -0.05) is 0 Å². The average molecular weight is 526 g/mol. The van der Waals surface area contributed by atoms with Gasteiger partial charge in [0.15, 0.2) is 0 Å². The zero-order valence-corrected chi connectivity index (χ0v) is 24.5. The molecule has 0 saturated carbocycles. The molecule has 0 aliphatic carbocycles. The Labute approximate surface area is 231 Å². The fraction of sp³-hybridized carbons (Fsp3) is 0.400. The molecule has 3 aromatic heterocycles. The summed E-state index contributed by atoms with van der Waals surface area (Å²) in [4.78, 5) is 27.5. The molecular weight excluding hydrogens is 486 g/mol. The fourth-order valence-electron chi connectivity index (χ4n) is 5.10. The van der Waals surface area contributed by atoms with Crippen LogP contribution in [-0.2, 0) is 19.6 Å². The molecule has 0 radical (unpaired) electrons. The molecular formula is C30H39N9. The first kappa shape index (κ1) is 27.9. The standard InChI is InChI=1S/C30H39N9/c1-16-10-17(2)35-28(34-16)31-13-25-22(7)26(14-32-29-36-18(3)11-19(4)37-29)24(9)27(23(25)8)15-33-30-38-20(5)12-21(6)39-30/h10-12H,13-15H2,1-9H3,(H,31,34,35)(H,32,36,37)(H,33,38,39). The van der Waals surface area contributed by atoms with Crippen LogP contribution in [0.2, 0.25) is 0 Å². The molecule has 0 fully saturated rings. The fourth-order valence-corrected chi connectivity index (χ4v) is 5.10. The van der Waals surface area contributed by atoms with Gasteiger partial charge in [0.05, 0.1) is 0 Å². The van der Waals surface area contributed by atoms with Gasteiger partial charge in [-0.25, -0.2) is 29.9 Å². The maximum absolute atomic E-state index is 4.58. The van der Waals surface area contributed by atoms with E-state index in [9.17, 15) is 0 Å². The second-order valence-electron chi connectivity index (χ2n) is 10.3. The third kappa shape index (κ3) is 6.85. The van der Waals surface area contributed by atoms with Gasteiger partial charge >= 0.3 is 0 Å². The molecule has 4 rings (SSSR count). The Morgan fingerprint density at radius 1 is 0.385 bits per heavy atom. The van der Waals surface area contributed by atoms with Crippen LogP contribution in [-0.4, -0.2) is 29.9 Å². The zero-order chi connectivity index (χ0) is 28.3. The number of benzene rings is 1. The predicted molar refractivity (Wildman–Crippen MR) is 157 cm³/mol. The van der Waals surface area contributed by atoms with Gasteiger partial charge < -0.3 is 16.0 Å². The molecule has 0 aliphatic heterocycles. The van der Waals surface area contributed by atoms with Crippen molar-refractivity contribution in [3.8, 4) is 0 Å². The van der Waals surface area contributed by atoms with Gasteiger partial charge in [-0.2, -0.15) is 0 Å². The van der Waals surface area contributed by atoms with E-state index in [1.54, 1.807) is 0 Å². The number of aromatic nitrogens is 6. The Kier molecular flexibility index (Phi) is 8.38. The minimum atomic E-state index is 0.612. The Bertz CT molecular complexity index is 1250. The quantitative estimate of drug-likeness (QED) is 0.254. The SMILES string of the molecule is Cc1cc(C)nc(NCc2c(C)c(CNc3nc(C)cc(C)n3)c(C)c(CNc3nc(C)cc(C)n3)c2C)n1. The lowest BCUT2D eigenvalue weighted by atomic mass is 9.88. The van der Waals surface area contributed by atoms with Gasteiger partial charge in [0.2, 0.25) is 17.8 Å². The minimum absolute atomic E-state index is 0.612. The summed E-state index contributed by atoms with van der Waals surface area (Å²) in [6.45, 7) is 20.3. The van der Waals surface area contributed by atoms with Crippen molar-refractivity contribution >= 4 is 17.8 Å². The molecule has 9 nitrogen and oxygen atoms in total. The van der Waals surface area contributed by atoms with Crippen LogP contribution >= 0.6 is 0 Å². The molecule has 3 heterocycles. The van der Waals surface area contributed by atoms with Crippen LogP contribution in [0.25, 0.3) is 0 Å². The largest absolute Gasteiger partial charge is 0.350 e. The number of rotatable bonds is 9. The van der Waals surface area contributed by atoms with E-state index in [1.807, 2.05) is 59.7 Å². The zero-order valence-electron chi connectivity index (χ0n) is 24.5. The highest BCUT2D eigenvalue weighted by Gasteiger charge is 2.18. The average Bonchev–Trinajstić information content (AvgIpc) is 2.82. The molecule has 39 heavy (non-hydrogen) atoms. The molecule has 0 spiro atoms. The van der Waals surface area contributed by atoms with Gasteiger partial charge in [0, 0.05) is 53.8 Å². The van der Waals surface area contributed by atoms with Gasteiger partial charge in [0.1, 0.15) is 0 Å². The van der Waals surface area contributed by atoms with Crippen LogP contribution in [0.4, 0.5) is 17.8 Å². The first-order chi connectivity index (χ1) is 18.5. The van der Waals surface area contributed by atoms with Crippen LogP contribution < -0.4 is 16.0 Å². The summed E-state index contributed by atoms with van der Waals surface area (Å²) in [5.41, 5.74) is 13.0. The molecule has 0 atom stereocenters. The highest BCUT2D eigenvalue weighted by molar-refractivity contribution is 5.53. The summed E-state index contributed by atoms with van der Waals surface area (Å²) in [7, 11) is 0. The maximum Gasteiger partial charge on any atom is 0.223 e. The van der Waals surface area contributed by atoms with Crippen molar-refractivity contribution in [2.24, 2.45) is 0 Å². The van der Waals surface area contributed by atoms with E-state index in [2.05, 4.69) is 66.6 Å². The summed E-state index contributed by atoms with van der Waals surface area (Å²) >= 11 is 0. The Morgan fingerprint density at radius 3 is 0.795 bits per heavy atom. The number of hydrogen-bond donors (Lipinski definition) is 3. The van der Waals surface area contributed by atoms with Gasteiger partial charge in [0.25, 0.3) is 0 Å². The smallest absolute Gasteiger partial charge is 0.223 e. The summed E-state index contributed by atoms with van der Waals surface area (Å²) in [6, 6.07) is 5.93. The van der Waals surface area contributed by atoms with E-state index in [1.165, 1.54) is 33.4 Å². The molecule has 0 aliphatic rings. The second kappa shape index (κ2) is 11.7. The Hall–Kier alpha value is -4.14. The van der Waals surface area contributed by atoms with E-state index in [0.717, 1.165) is 34.2 Å². The third-order valence-electron chi connectivity index (χ3n) is 6.93. The number of nitrogens with zero attached hydrogens (tertiary/aromatic N) is 6. The molecule has 0 bridgehead atoms. The van der Waals surface area contributed by atoms with E-state index < -0.39 is 0 Å².